The van der Waals surface area contributed by atoms with Crippen molar-refractivity contribution in [3.63, 3.8) is 0 Å². The van der Waals surface area contributed by atoms with Crippen LogP contribution >= 0.6 is 15.9 Å². The first-order valence-electron chi connectivity index (χ1n) is 5.92. The van der Waals surface area contributed by atoms with Gasteiger partial charge in [-0.25, -0.2) is 0 Å². The molecular formula is C15H14BrNO. The van der Waals surface area contributed by atoms with Gasteiger partial charge in [0.2, 0.25) is 0 Å². The number of hydrogen-bond donors (Lipinski definition) is 0. The number of carbonyl (C=O) groups is 1. The SMILES string of the molecule is CCc1cccc(CC(=O)c2cccc(Br)c2)n1. The molecule has 1 heterocycles. The smallest absolute Gasteiger partial charge is 0.168 e. The molecule has 0 radical (unpaired) electrons. The molecule has 2 rings (SSSR count). The van der Waals surface area contributed by atoms with Gasteiger partial charge in [-0.2, -0.15) is 0 Å². The van der Waals surface area contributed by atoms with E-state index < -0.39 is 0 Å². The maximum absolute atomic E-state index is 12.1. The zero-order valence-corrected chi connectivity index (χ0v) is 11.8. The van der Waals surface area contributed by atoms with E-state index in [1.165, 1.54) is 0 Å². The average molecular weight is 304 g/mol. The molecule has 0 aliphatic rings. The Morgan fingerprint density at radius 2 is 1.89 bits per heavy atom. The first-order chi connectivity index (χ1) is 8.69. The number of rotatable bonds is 4. The third-order valence-corrected chi connectivity index (χ3v) is 3.21. The lowest BCUT2D eigenvalue weighted by atomic mass is 10.1. The molecule has 0 aliphatic carbocycles. The molecule has 18 heavy (non-hydrogen) atoms. The summed E-state index contributed by atoms with van der Waals surface area (Å²) in [5, 5.41) is 0. The minimum atomic E-state index is 0.0945. The van der Waals surface area contributed by atoms with Crippen molar-refractivity contribution in [1.82, 2.24) is 4.98 Å². The standard InChI is InChI=1S/C15H14BrNO/c1-2-13-7-4-8-14(17-13)10-15(18)11-5-3-6-12(16)9-11/h3-9H,2,10H2,1H3. The molecule has 2 nitrogen and oxygen atoms in total. The van der Waals surface area contributed by atoms with Gasteiger partial charge in [-0.1, -0.05) is 41.1 Å². The molecule has 0 saturated heterocycles. The molecular weight excluding hydrogens is 290 g/mol. The molecule has 2 aromatic rings. The third-order valence-electron chi connectivity index (χ3n) is 2.71. The molecule has 1 aromatic heterocycles. The third kappa shape index (κ3) is 3.26. The topological polar surface area (TPSA) is 30.0 Å². The summed E-state index contributed by atoms with van der Waals surface area (Å²) >= 11 is 3.37. The highest BCUT2D eigenvalue weighted by atomic mass is 79.9. The number of nitrogens with zero attached hydrogens (tertiary/aromatic N) is 1. The molecule has 0 fully saturated rings. The van der Waals surface area contributed by atoms with Crippen LogP contribution in [-0.2, 0) is 12.8 Å². The molecule has 3 heteroatoms. The van der Waals surface area contributed by atoms with Crippen LogP contribution in [0.4, 0.5) is 0 Å². The normalized spacial score (nSPS) is 10.3. The van der Waals surface area contributed by atoms with Gasteiger partial charge in [0.05, 0.1) is 6.42 Å². The zero-order valence-electron chi connectivity index (χ0n) is 10.2. The molecule has 0 amide bonds. The highest BCUT2D eigenvalue weighted by Crippen LogP contribution is 2.13. The van der Waals surface area contributed by atoms with Crippen LogP contribution in [0.15, 0.2) is 46.9 Å². The van der Waals surface area contributed by atoms with Crippen molar-refractivity contribution >= 4 is 21.7 Å². The Labute approximate surface area is 115 Å². The number of carbonyl (C=O) groups excluding carboxylic acids is 1. The minimum absolute atomic E-state index is 0.0945. The number of aromatic nitrogens is 1. The molecule has 0 spiro atoms. The first kappa shape index (κ1) is 13.0. The lowest BCUT2D eigenvalue weighted by molar-refractivity contribution is 0.0992. The summed E-state index contributed by atoms with van der Waals surface area (Å²) in [6.45, 7) is 2.06. The van der Waals surface area contributed by atoms with Gasteiger partial charge in [0.25, 0.3) is 0 Å². The number of Topliss-reactive ketones (excluding diaryl/α,β-unsaturated/α-hetero) is 1. The molecule has 0 atom stereocenters. The van der Waals surface area contributed by atoms with Gasteiger partial charge in [-0.15, -0.1) is 0 Å². The fourth-order valence-corrected chi connectivity index (χ4v) is 2.15. The van der Waals surface area contributed by atoms with Crippen molar-refractivity contribution < 1.29 is 4.79 Å². The van der Waals surface area contributed by atoms with E-state index in [0.29, 0.717) is 12.0 Å². The van der Waals surface area contributed by atoms with Gasteiger partial charge in [-0.3, -0.25) is 9.78 Å². The Bertz CT molecular complexity index is 566. The molecule has 0 aliphatic heterocycles. The summed E-state index contributed by atoms with van der Waals surface area (Å²) in [4.78, 5) is 16.6. The number of pyridine rings is 1. The quantitative estimate of drug-likeness (QED) is 0.804. The van der Waals surface area contributed by atoms with Crippen LogP contribution in [0.2, 0.25) is 0 Å². The second-order valence-electron chi connectivity index (χ2n) is 4.08. The maximum atomic E-state index is 12.1. The highest BCUT2D eigenvalue weighted by molar-refractivity contribution is 9.10. The zero-order chi connectivity index (χ0) is 13.0. The van der Waals surface area contributed by atoms with E-state index in [2.05, 4.69) is 27.8 Å². The summed E-state index contributed by atoms with van der Waals surface area (Å²) in [5.74, 6) is 0.0945. The molecule has 1 aromatic carbocycles. The predicted octanol–water partition coefficient (Wildman–Crippen LogP) is 3.83. The Kier molecular flexibility index (Phi) is 4.26. The van der Waals surface area contributed by atoms with Crippen LogP contribution in [0.5, 0.6) is 0 Å². The Morgan fingerprint density at radius 1 is 1.17 bits per heavy atom. The summed E-state index contributed by atoms with van der Waals surface area (Å²) in [7, 11) is 0. The van der Waals surface area contributed by atoms with E-state index >= 15 is 0 Å². The fraction of sp³-hybridized carbons (Fsp3) is 0.200. The van der Waals surface area contributed by atoms with Crippen molar-refractivity contribution in [1.29, 1.82) is 0 Å². The Balaban J connectivity index is 2.16. The predicted molar refractivity (Wildman–Crippen MR) is 75.8 cm³/mol. The average Bonchev–Trinajstić information content (AvgIpc) is 2.39. The van der Waals surface area contributed by atoms with Crippen LogP contribution in [0.3, 0.4) is 0 Å². The van der Waals surface area contributed by atoms with Crippen molar-refractivity contribution in [2.75, 3.05) is 0 Å². The molecule has 0 saturated carbocycles. The van der Waals surface area contributed by atoms with E-state index in [4.69, 9.17) is 0 Å². The Morgan fingerprint density at radius 3 is 2.61 bits per heavy atom. The number of aryl methyl sites for hydroxylation is 1. The summed E-state index contributed by atoms with van der Waals surface area (Å²) in [6.07, 6.45) is 1.24. The lowest BCUT2D eigenvalue weighted by Gasteiger charge is -2.03. The van der Waals surface area contributed by atoms with E-state index in [9.17, 15) is 4.79 Å². The number of ketones is 1. The number of halogens is 1. The van der Waals surface area contributed by atoms with E-state index in [1.807, 2.05) is 42.5 Å². The highest BCUT2D eigenvalue weighted by Gasteiger charge is 2.08. The first-order valence-corrected chi connectivity index (χ1v) is 6.72. The molecule has 0 bridgehead atoms. The fourth-order valence-electron chi connectivity index (χ4n) is 1.75. The van der Waals surface area contributed by atoms with Crippen molar-refractivity contribution in [3.8, 4) is 0 Å². The lowest BCUT2D eigenvalue weighted by Crippen LogP contribution is -2.06. The monoisotopic (exact) mass is 303 g/mol. The summed E-state index contributed by atoms with van der Waals surface area (Å²) in [5.41, 5.74) is 2.57. The van der Waals surface area contributed by atoms with Gasteiger partial charge in [0, 0.05) is 21.4 Å². The number of benzene rings is 1. The van der Waals surface area contributed by atoms with Crippen LogP contribution in [-0.4, -0.2) is 10.8 Å². The molecule has 0 unspecified atom stereocenters. The van der Waals surface area contributed by atoms with E-state index in [0.717, 1.165) is 22.3 Å². The van der Waals surface area contributed by atoms with Crippen molar-refractivity contribution in [2.45, 2.75) is 19.8 Å². The summed E-state index contributed by atoms with van der Waals surface area (Å²) < 4.78 is 0.920. The van der Waals surface area contributed by atoms with Gasteiger partial charge in [-0.05, 0) is 30.7 Å². The van der Waals surface area contributed by atoms with Crippen LogP contribution in [0.1, 0.15) is 28.7 Å². The van der Waals surface area contributed by atoms with E-state index in [-0.39, 0.29) is 5.78 Å². The van der Waals surface area contributed by atoms with Gasteiger partial charge in [0.1, 0.15) is 0 Å². The van der Waals surface area contributed by atoms with Crippen molar-refractivity contribution in [2.24, 2.45) is 0 Å². The van der Waals surface area contributed by atoms with Gasteiger partial charge in [0.15, 0.2) is 5.78 Å². The van der Waals surface area contributed by atoms with Gasteiger partial charge < -0.3 is 0 Å². The van der Waals surface area contributed by atoms with E-state index in [1.54, 1.807) is 0 Å². The second kappa shape index (κ2) is 5.91. The van der Waals surface area contributed by atoms with Gasteiger partial charge >= 0.3 is 0 Å². The van der Waals surface area contributed by atoms with Crippen LogP contribution in [0, 0.1) is 0 Å². The Hall–Kier alpha value is -1.48. The van der Waals surface area contributed by atoms with Crippen molar-refractivity contribution in [3.05, 3.63) is 63.9 Å². The van der Waals surface area contributed by atoms with Crippen LogP contribution in [0.25, 0.3) is 0 Å². The second-order valence-corrected chi connectivity index (χ2v) is 5.00. The summed E-state index contributed by atoms with van der Waals surface area (Å²) in [6, 6.07) is 13.3. The maximum Gasteiger partial charge on any atom is 0.168 e. The molecule has 92 valence electrons. The van der Waals surface area contributed by atoms with Crippen LogP contribution < -0.4 is 0 Å². The number of hydrogen-bond acceptors (Lipinski definition) is 2. The minimum Gasteiger partial charge on any atom is -0.294 e. The largest absolute Gasteiger partial charge is 0.294 e. The molecule has 0 N–H and O–H groups in total.